The van der Waals surface area contributed by atoms with E-state index in [-0.39, 0.29) is 0 Å². The lowest BCUT2D eigenvalue weighted by Gasteiger charge is -2.20. The van der Waals surface area contributed by atoms with E-state index in [1.54, 1.807) is 7.11 Å². The predicted octanol–water partition coefficient (Wildman–Crippen LogP) is 4.24. The monoisotopic (exact) mass is 269 g/mol. The van der Waals surface area contributed by atoms with Gasteiger partial charge in [0.15, 0.2) is 0 Å². The number of rotatable bonds is 6. The standard InChI is InChI=1S/C18H23NO/c1-4-17(16-7-5-6-8-18(16)20-3)19-13-15-11-9-14(2)10-12-15/h5-12,17,19H,4,13H2,1-3H3. The van der Waals surface area contributed by atoms with E-state index in [1.807, 2.05) is 12.1 Å². The average molecular weight is 269 g/mol. The van der Waals surface area contributed by atoms with Crippen LogP contribution in [0.2, 0.25) is 0 Å². The van der Waals surface area contributed by atoms with Gasteiger partial charge in [0.25, 0.3) is 0 Å². The molecule has 2 rings (SSSR count). The van der Waals surface area contributed by atoms with Gasteiger partial charge in [-0.3, -0.25) is 0 Å². The fourth-order valence-corrected chi connectivity index (χ4v) is 2.38. The van der Waals surface area contributed by atoms with Gasteiger partial charge in [-0.1, -0.05) is 55.0 Å². The molecule has 0 radical (unpaired) electrons. The van der Waals surface area contributed by atoms with Crippen LogP contribution in [0.25, 0.3) is 0 Å². The molecule has 1 unspecified atom stereocenters. The van der Waals surface area contributed by atoms with Gasteiger partial charge in [-0.05, 0) is 25.0 Å². The number of para-hydroxylation sites is 1. The predicted molar refractivity (Wildman–Crippen MR) is 84.0 cm³/mol. The number of hydrogen-bond donors (Lipinski definition) is 1. The molecule has 0 saturated carbocycles. The second-order valence-corrected chi connectivity index (χ2v) is 5.07. The highest BCUT2D eigenvalue weighted by Crippen LogP contribution is 2.27. The van der Waals surface area contributed by atoms with E-state index in [4.69, 9.17) is 4.74 Å². The Bertz CT molecular complexity index is 533. The summed E-state index contributed by atoms with van der Waals surface area (Å²) >= 11 is 0. The van der Waals surface area contributed by atoms with Crippen LogP contribution in [0.3, 0.4) is 0 Å². The second-order valence-electron chi connectivity index (χ2n) is 5.07. The van der Waals surface area contributed by atoms with E-state index in [2.05, 4.69) is 55.6 Å². The molecule has 20 heavy (non-hydrogen) atoms. The van der Waals surface area contributed by atoms with Crippen molar-refractivity contribution in [2.75, 3.05) is 7.11 Å². The number of aryl methyl sites for hydroxylation is 1. The summed E-state index contributed by atoms with van der Waals surface area (Å²) in [4.78, 5) is 0. The normalized spacial score (nSPS) is 12.2. The summed E-state index contributed by atoms with van der Waals surface area (Å²) in [6.45, 7) is 5.18. The van der Waals surface area contributed by atoms with Gasteiger partial charge in [0.1, 0.15) is 5.75 Å². The first-order valence-corrected chi connectivity index (χ1v) is 7.16. The third-order valence-electron chi connectivity index (χ3n) is 3.60. The first kappa shape index (κ1) is 14.6. The molecular weight excluding hydrogens is 246 g/mol. The molecule has 0 saturated heterocycles. The fourth-order valence-electron chi connectivity index (χ4n) is 2.38. The molecule has 2 aromatic rings. The average Bonchev–Trinajstić information content (AvgIpc) is 2.50. The van der Waals surface area contributed by atoms with E-state index in [1.165, 1.54) is 16.7 Å². The Morgan fingerprint density at radius 1 is 1.05 bits per heavy atom. The molecule has 0 aliphatic heterocycles. The number of nitrogens with one attached hydrogen (secondary N) is 1. The van der Waals surface area contributed by atoms with Crippen molar-refractivity contribution in [2.45, 2.75) is 32.9 Å². The Morgan fingerprint density at radius 3 is 2.40 bits per heavy atom. The molecule has 0 aliphatic rings. The molecule has 0 amide bonds. The molecule has 0 fully saturated rings. The molecule has 2 heteroatoms. The van der Waals surface area contributed by atoms with Crippen LogP contribution < -0.4 is 10.1 Å². The summed E-state index contributed by atoms with van der Waals surface area (Å²) in [6, 6.07) is 17.2. The van der Waals surface area contributed by atoms with E-state index < -0.39 is 0 Å². The molecular formula is C18H23NO. The molecule has 0 heterocycles. The first-order chi connectivity index (χ1) is 9.74. The second kappa shape index (κ2) is 7.11. The summed E-state index contributed by atoms with van der Waals surface area (Å²) in [5.41, 5.74) is 3.83. The summed E-state index contributed by atoms with van der Waals surface area (Å²) in [5.74, 6) is 0.954. The summed E-state index contributed by atoms with van der Waals surface area (Å²) in [6.07, 6.45) is 1.03. The molecule has 2 aromatic carbocycles. The minimum Gasteiger partial charge on any atom is -0.496 e. The van der Waals surface area contributed by atoms with Crippen molar-refractivity contribution in [3.8, 4) is 5.75 Å². The van der Waals surface area contributed by atoms with Gasteiger partial charge in [0.05, 0.1) is 7.11 Å². The van der Waals surface area contributed by atoms with Crippen molar-refractivity contribution in [2.24, 2.45) is 0 Å². The zero-order valence-electron chi connectivity index (χ0n) is 12.5. The van der Waals surface area contributed by atoms with Crippen LogP contribution in [-0.2, 0) is 6.54 Å². The topological polar surface area (TPSA) is 21.3 Å². The third-order valence-corrected chi connectivity index (χ3v) is 3.60. The quantitative estimate of drug-likeness (QED) is 0.846. The molecule has 1 atom stereocenters. The molecule has 1 N–H and O–H groups in total. The maximum Gasteiger partial charge on any atom is 0.123 e. The minimum absolute atomic E-state index is 0.312. The maximum absolute atomic E-state index is 5.46. The summed E-state index contributed by atoms with van der Waals surface area (Å²) in [5, 5.41) is 3.62. The van der Waals surface area contributed by atoms with Gasteiger partial charge in [0.2, 0.25) is 0 Å². The highest BCUT2D eigenvalue weighted by atomic mass is 16.5. The van der Waals surface area contributed by atoms with Crippen LogP contribution in [0.5, 0.6) is 5.75 Å². The van der Waals surface area contributed by atoms with Crippen LogP contribution in [0.4, 0.5) is 0 Å². The van der Waals surface area contributed by atoms with E-state index in [0.29, 0.717) is 6.04 Å². The number of benzene rings is 2. The first-order valence-electron chi connectivity index (χ1n) is 7.16. The lowest BCUT2D eigenvalue weighted by Crippen LogP contribution is -2.20. The van der Waals surface area contributed by atoms with E-state index >= 15 is 0 Å². The maximum atomic E-state index is 5.46. The number of methoxy groups -OCH3 is 1. The zero-order chi connectivity index (χ0) is 14.4. The largest absolute Gasteiger partial charge is 0.496 e. The van der Waals surface area contributed by atoms with Crippen molar-refractivity contribution < 1.29 is 4.74 Å². The molecule has 0 aromatic heterocycles. The number of ether oxygens (including phenoxy) is 1. The van der Waals surface area contributed by atoms with Crippen molar-refractivity contribution in [3.05, 3.63) is 65.2 Å². The van der Waals surface area contributed by atoms with Gasteiger partial charge in [-0.15, -0.1) is 0 Å². The molecule has 2 nitrogen and oxygen atoms in total. The fraction of sp³-hybridized carbons (Fsp3) is 0.333. The van der Waals surface area contributed by atoms with Crippen molar-refractivity contribution >= 4 is 0 Å². The van der Waals surface area contributed by atoms with Crippen LogP contribution in [-0.4, -0.2) is 7.11 Å². The van der Waals surface area contributed by atoms with Gasteiger partial charge in [0, 0.05) is 18.2 Å². The molecule has 0 bridgehead atoms. The summed E-state index contributed by atoms with van der Waals surface area (Å²) < 4.78 is 5.46. The molecule has 106 valence electrons. The lowest BCUT2D eigenvalue weighted by atomic mass is 10.0. The Kier molecular flexibility index (Phi) is 5.19. The zero-order valence-corrected chi connectivity index (χ0v) is 12.5. The lowest BCUT2D eigenvalue weighted by molar-refractivity contribution is 0.396. The molecule has 0 spiro atoms. The SMILES string of the molecule is CCC(NCc1ccc(C)cc1)c1ccccc1OC. The van der Waals surface area contributed by atoms with Gasteiger partial charge < -0.3 is 10.1 Å². The Balaban J connectivity index is 2.07. The molecule has 0 aliphatic carbocycles. The van der Waals surface area contributed by atoms with Crippen molar-refractivity contribution in [3.63, 3.8) is 0 Å². The smallest absolute Gasteiger partial charge is 0.123 e. The third kappa shape index (κ3) is 3.61. The van der Waals surface area contributed by atoms with Gasteiger partial charge >= 0.3 is 0 Å². The van der Waals surface area contributed by atoms with Gasteiger partial charge in [-0.2, -0.15) is 0 Å². The van der Waals surface area contributed by atoms with Crippen LogP contribution in [0.1, 0.15) is 36.1 Å². The van der Waals surface area contributed by atoms with E-state index in [9.17, 15) is 0 Å². The van der Waals surface area contributed by atoms with Crippen LogP contribution in [0, 0.1) is 6.92 Å². The van der Waals surface area contributed by atoms with Crippen molar-refractivity contribution in [1.82, 2.24) is 5.32 Å². The van der Waals surface area contributed by atoms with E-state index in [0.717, 1.165) is 18.7 Å². The van der Waals surface area contributed by atoms with Crippen LogP contribution >= 0.6 is 0 Å². The highest BCUT2D eigenvalue weighted by molar-refractivity contribution is 5.36. The highest BCUT2D eigenvalue weighted by Gasteiger charge is 2.13. The Morgan fingerprint density at radius 2 is 1.75 bits per heavy atom. The number of hydrogen-bond acceptors (Lipinski definition) is 2. The Hall–Kier alpha value is -1.80. The van der Waals surface area contributed by atoms with Crippen LogP contribution in [0.15, 0.2) is 48.5 Å². The van der Waals surface area contributed by atoms with Crippen molar-refractivity contribution in [1.29, 1.82) is 0 Å². The Labute approximate surface area is 121 Å². The van der Waals surface area contributed by atoms with Gasteiger partial charge in [-0.25, -0.2) is 0 Å². The minimum atomic E-state index is 0.312. The summed E-state index contributed by atoms with van der Waals surface area (Å²) in [7, 11) is 1.73.